The Morgan fingerprint density at radius 2 is 0.677 bits per heavy atom. The van der Waals surface area contributed by atoms with Crippen LogP contribution in [0.4, 0.5) is 0 Å². The van der Waals surface area contributed by atoms with Gasteiger partial charge in [-0.15, -0.1) is 0 Å². The summed E-state index contributed by atoms with van der Waals surface area (Å²) in [5.74, 6) is -0.960. The highest BCUT2D eigenvalue weighted by Crippen LogP contribution is 2.13. The maximum absolute atomic E-state index is 12.8. The molecule has 0 spiro atoms. The van der Waals surface area contributed by atoms with Crippen molar-refractivity contribution in [1.29, 1.82) is 0 Å². The summed E-state index contributed by atoms with van der Waals surface area (Å²) in [5, 5.41) is 0. The summed E-state index contributed by atoms with van der Waals surface area (Å²) < 4.78 is 16.8. The first-order chi connectivity index (χ1) is 32.0. The van der Waals surface area contributed by atoms with Gasteiger partial charge in [0.25, 0.3) is 0 Å². The van der Waals surface area contributed by atoms with Crippen LogP contribution in [0.5, 0.6) is 0 Å². The zero-order valence-electron chi connectivity index (χ0n) is 42.0. The monoisotopic (exact) mass is 901 g/mol. The van der Waals surface area contributed by atoms with Gasteiger partial charge in [0.2, 0.25) is 0 Å². The lowest BCUT2D eigenvalue weighted by Crippen LogP contribution is -2.30. The van der Waals surface area contributed by atoms with Crippen molar-refractivity contribution in [3.8, 4) is 0 Å². The van der Waals surface area contributed by atoms with Gasteiger partial charge in [-0.05, 0) is 96.3 Å². The first kappa shape index (κ1) is 61.1. The third-order valence-electron chi connectivity index (χ3n) is 10.9. The van der Waals surface area contributed by atoms with Crippen LogP contribution in [0.15, 0.2) is 109 Å². The molecule has 0 aromatic heterocycles. The lowest BCUT2D eigenvalue weighted by atomic mass is 10.1. The first-order valence-electron chi connectivity index (χ1n) is 26.5. The van der Waals surface area contributed by atoms with Gasteiger partial charge in [0, 0.05) is 19.3 Å². The second-order valence-corrected chi connectivity index (χ2v) is 17.1. The third-order valence-corrected chi connectivity index (χ3v) is 10.9. The Morgan fingerprint density at radius 3 is 1.11 bits per heavy atom. The van der Waals surface area contributed by atoms with Gasteiger partial charge < -0.3 is 14.2 Å². The summed E-state index contributed by atoms with van der Waals surface area (Å²) in [7, 11) is 0. The molecule has 0 rings (SSSR count). The number of allylic oxidation sites excluding steroid dienone is 18. The maximum atomic E-state index is 12.8. The van der Waals surface area contributed by atoms with E-state index in [1.165, 1.54) is 51.4 Å². The molecule has 0 aliphatic carbocycles. The van der Waals surface area contributed by atoms with Gasteiger partial charge in [-0.3, -0.25) is 14.4 Å². The molecule has 0 saturated heterocycles. The van der Waals surface area contributed by atoms with E-state index in [9.17, 15) is 14.4 Å². The summed E-state index contributed by atoms with van der Waals surface area (Å²) in [5.41, 5.74) is 0. The van der Waals surface area contributed by atoms with Crippen LogP contribution in [-0.4, -0.2) is 37.2 Å². The molecule has 0 aromatic carbocycles. The van der Waals surface area contributed by atoms with Gasteiger partial charge >= 0.3 is 17.9 Å². The van der Waals surface area contributed by atoms with Crippen LogP contribution in [0.1, 0.15) is 226 Å². The minimum atomic E-state index is -0.804. The van der Waals surface area contributed by atoms with Gasteiger partial charge in [0.05, 0.1) is 0 Å². The highest BCUT2D eigenvalue weighted by Gasteiger charge is 2.19. The van der Waals surface area contributed by atoms with Crippen LogP contribution in [0, 0.1) is 0 Å². The van der Waals surface area contributed by atoms with E-state index in [1.54, 1.807) is 0 Å². The minimum Gasteiger partial charge on any atom is -0.462 e. The molecule has 1 unspecified atom stereocenters. The molecule has 6 heteroatoms. The number of ether oxygens (including phenoxy) is 3. The van der Waals surface area contributed by atoms with Crippen LogP contribution < -0.4 is 0 Å². The Hall–Kier alpha value is -3.93. The highest BCUT2D eigenvalue weighted by atomic mass is 16.6. The number of unbranched alkanes of at least 4 members (excludes halogenated alkanes) is 21. The standard InChI is InChI=1S/C59H96O6/c1-4-7-10-13-16-19-22-25-28-29-30-32-34-37-40-43-46-49-52-58(61)64-55-56(54-63-57(60)51-48-45-42-39-36-33-27-24-21-18-15-12-9-6-3)65-59(62)53-50-47-44-41-38-35-31-26-23-20-17-14-11-8-5-2/h8-9,11-12,14,17-18,20-23,25,27-30,32-33,56H,4-7,10,13,15-16,19,24,26,31,34-55H2,1-3H3/b11-8-,12-9-,17-14-,21-18-,23-20-,25-22-,29-28-,32-30-,33-27-. The average Bonchev–Trinajstić information content (AvgIpc) is 3.30. The van der Waals surface area contributed by atoms with Crippen LogP contribution in [0.2, 0.25) is 0 Å². The average molecular weight is 901 g/mol. The molecule has 65 heavy (non-hydrogen) atoms. The van der Waals surface area contributed by atoms with Crippen LogP contribution in [-0.2, 0) is 28.6 Å². The fraction of sp³-hybridized carbons (Fsp3) is 0.644. The van der Waals surface area contributed by atoms with Gasteiger partial charge in [-0.25, -0.2) is 0 Å². The van der Waals surface area contributed by atoms with Crippen molar-refractivity contribution >= 4 is 17.9 Å². The maximum Gasteiger partial charge on any atom is 0.306 e. The molecule has 0 aliphatic heterocycles. The summed E-state index contributed by atoms with van der Waals surface area (Å²) in [6, 6.07) is 0. The normalized spacial score (nSPS) is 13.0. The number of rotatable bonds is 46. The summed E-state index contributed by atoms with van der Waals surface area (Å²) in [6.07, 6.45) is 70.7. The van der Waals surface area contributed by atoms with Crippen LogP contribution >= 0.6 is 0 Å². The van der Waals surface area contributed by atoms with E-state index >= 15 is 0 Å². The van der Waals surface area contributed by atoms with E-state index in [0.717, 1.165) is 135 Å². The predicted molar refractivity (Wildman–Crippen MR) is 279 cm³/mol. The van der Waals surface area contributed by atoms with Crippen LogP contribution in [0.25, 0.3) is 0 Å². The first-order valence-corrected chi connectivity index (χ1v) is 26.5. The van der Waals surface area contributed by atoms with Crippen molar-refractivity contribution in [3.05, 3.63) is 109 Å². The molecule has 0 radical (unpaired) electrons. The fourth-order valence-electron chi connectivity index (χ4n) is 6.93. The number of hydrogen-bond acceptors (Lipinski definition) is 6. The SMILES string of the molecule is CC\C=C/C=C\C=C/CCCCCCCCCC(=O)OC(COC(=O)CCCCCC/C=C\C/C=C\C/C=C\CC)COC(=O)CCCCCCC\C=C/C=C\C=C/CCCCCCC. The number of carbonyl (C=O) groups is 3. The molecule has 368 valence electrons. The quantitative estimate of drug-likeness (QED) is 0.0199. The lowest BCUT2D eigenvalue weighted by molar-refractivity contribution is -0.167. The Morgan fingerprint density at radius 1 is 0.338 bits per heavy atom. The van der Waals surface area contributed by atoms with Crippen molar-refractivity contribution in [3.63, 3.8) is 0 Å². The molecule has 0 heterocycles. The van der Waals surface area contributed by atoms with Gasteiger partial charge in [0.15, 0.2) is 6.10 Å². The predicted octanol–water partition coefficient (Wildman–Crippen LogP) is 17.5. The second kappa shape index (κ2) is 52.7. The van der Waals surface area contributed by atoms with Crippen molar-refractivity contribution < 1.29 is 28.6 Å². The van der Waals surface area contributed by atoms with Crippen molar-refractivity contribution in [2.45, 2.75) is 232 Å². The smallest absolute Gasteiger partial charge is 0.306 e. The van der Waals surface area contributed by atoms with Crippen molar-refractivity contribution in [2.24, 2.45) is 0 Å². The van der Waals surface area contributed by atoms with E-state index < -0.39 is 6.10 Å². The molecule has 1 atom stereocenters. The van der Waals surface area contributed by atoms with E-state index in [0.29, 0.717) is 19.3 Å². The van der Waals surface area contributed by atoms with Gasteiger partial charge in [-0.1, -0.05) is 220 Å². The van der Waals surface area contributed by atoms with E-state index in [-0.39, 0.29) is 31.1 Å². The molecule has 0 bridgehead atoms. The van der Waals surface area contributed by atoms with Crippen molar-refractivity contribution in [2.75, 3.05) is 13.2 Å². The van der Waals surface area contributed by atoms with Gasteiger partial charge in [0.1, 0.15) is 13.2 Å². The lowest BCUT2D eigenvalue weighted by Gasteiger charge is -2.18. The summed E-state index contributed by atoms with van der Waals surface area (Å²) >= 11 is 0. The number of esters is 3. The third kappa shape index (κ3) is 50.9. The largest absolute Gasteiger partial charge is 0.462 e. The molecule has 0 fully saturated rings. The molecular weight excluding hydrogens is 805 g/mol. The topological polar surface area (TPSA) is 78.9 Å². The Bertz CT molecular complexity index is 1360. The van der Waals surface area contributed by atoms with E-state index in [2.05, 4.69) is 130 Å². The minimum absolute atomic E-state index is 0.103. The fourth-order valence-corrected chi connectivity index (χ4v) is 6.93. The summed E-state index contributed by atoms with van der Waals surface area (Å²) in [6.45, 7) is 6.32. The Balaban J connectivity index is 4.49. The molecule has 0 aromatic rings. The molecular formula is C59H96O6. The molecule has 6 nitrogen and oxygen atoms in total. The van der Waals surface area contributed by atoms with Gasteiger partial charge in [-0.2, -0.15) is 0 Å². The molecule has 0 saturated carbocycles. The second-order valence-electron chi connectivity index (χ2n) is 17.1. The Labute approximate surface area is 400 Å². The molecule has 0 amide bonds. The zero-order chi connectivity index (χ0) is 47.2. The molecule has 0 aliphatic rings. The van der Waals surface area contributed by atoms with E-state index in [4.69, 9.17) is 14.2 Å². The highest BCUT2D eigenvalue weighted by molar-refractivity contribution is 5.71. The van der Waals surface area contributed by atoms with E-state index in [1.807, 2.05) is 0 Å². The number of carbonyl (C=O) groups excluding carboxylic acids is 3. The summed E-state index contributed by atoms with van der Waals surface area (Å²) in [4.78, 5) is 38.0. The zero-order valence-corrected chi connectivity index (χ0v) is 42.0. The molecule has 0 N–H and O–H groups in total. The van der Waals surface area contributed by atoms with Crippen molar-refractivity contribution in [1.82, 2.24) is 0 Å². The van der Waals surface area contributed by atoms with Crippen LogP contribution in [0.3, 0.4) is 0 Å². The Kier molecular flexibility index (Phi) is 49.5. The number of hydrogen-bond donors (Lipinski definition) is 0.